The fraction of sp³-hybridized carbons (Fsp3) is 1.00. The molecule has 1 spiro atoms. The summed E-state index contributed by atoms with van der Waals surface area (Å²) >= 11 is 0. The van der Waals surface area contributed by atoms with Crippen LogP contribution >= 0.6 is 0 Å². The zero-order chi connectivity index (χ0) is 10.3. The molecule has 0 aromatic carbocycles. The molecule has 3 unspecified atom stereocenters. The highest BCUT2D eigenvalue weighted by molar-refractivity contribution is 5.15. The Bertz CT molecular complexity index is 210. The number of methoxy groups -OCH3 is 1. The zero-order valence-corrected chi connectivity index (χ0v) is 9.84. The Hall–Kier alpha value is -0.0800. The lowest BCUT2D eigenvalue weighted by atomic mass is 9.46. The van der Waals surface area contributed by atoms with E-state index in [-0.39, 0.29) is 0 Å². The highest BCUT2D eigenvalue weighted by Crippen LogP contribution is 2.59. The molecule has 2 fully saturated rings. The molecule has 2 aliphatic rings. The van der Waals surface area contributed by atoms with Crippen molar-refractivity contribution in [1.29, 1.82) is 0 Å². The minimum atomic E-state index is 0.498. The SMILES string of the molecule is COC1C(C)C(NC(C)C)C12CCC2. The summed E-state index contributed by atoms with van der Waals surface area (Å²) in [6, 6.07) is 1.29. The first-order chi connectivity index (χ1) is 6.62. The third-order valence-corrected chi connectivity index (χ3v) is 4.24. The van der Waals surface area contributed by atoms with Gasteiger partial charge in [-0.15, -0.1) is 0 Å². The van der Waals surface area contributed by atoms with E-state index in [0.717, 1.165) is 0 Å². The van der Waals surface area contributed by atoms with Gasteiger partial charge in [0.1, 0.15) is 0 Å². The smallest absolute Gasteiger partial charge is 0.0683 e. The van der Waals surface area contributed by atoms with E-state index in [2.05, 4.69) is 26.1 Å². The Kier molecular flexibility index (Phi) is 2.61. The topological polar surface area (TPSA) is 21.3 Å². The summed E-state index contributed by atoms with van der Waals surface area (Å²) in [4.78, 5) is 0. The summed E-state index contributed by atoms with van der Waals surface area (Å²) in [5.74, 6) is 0.683. The van der Waals surface area contributed by atoms with Crippen LogP contribution in [0.4, 0.5) is 0 Å². The number of rotatable bonds is 3. The molecule has 0 aliphatic heterocycles. The van der Waals surface area contributed by atoms with Crippen molar-refractivity contribution in [2.24, 2.45) is 11.3 Å². The van der Waals surface area contributed by atoms with Crippen LogP contribution in [0.2, 0.25) is 0 Å². The van der Waals surface area contributed by atoms with Gasteiger partial charge >= 0.3 is 0 Å². The van der Waals surface area contributed by atoms with Crippen LogP contribution in [-0.2, 0) is 4.74 Å². The molecule has 2 aliphatic carbocycles. The standard InChI is InChI=1S/C12H23NO/c1-8(2)13-10-9(3)11(14-4)12(10)6-5-7-12/h8-11,13H,5-7H2,1-4H3. The van der Waals surface area contributed by atoms with E-state index >= 15 is 0 Å². The molecule has 0 aromatic heterocycles. The molecular weight excluding hydrogens is 174 g/mol. The number of ether oxygens (including phenoxy) is 1. The molecule has 14 heavy (non-hydrogen) atoms. The predicted molar refractivity (Wildman–Crippen MR) is 58.3 cm³/mol. The van der Waals surface area contributed by atoms with Gasteiger partial charge in [-0.3, -0.25) is 0 Å². The zero-order valence-electron chi connectivity index (χ0n) is 9.84. The van der Waals surface area contributed by atoms with Crippen LogP contribution in [0.1, 0.15) is 40.0 Å². The fourth-order valence-corrected chi connectivity index (χ4v) is 3.59. The van der Waals surface area contributed by atoms with Gasteiger partial charge in [-0.25, -0.2) is 0 Å². The van der Waals surface area contributed by atoms with Crippen LogP contribution in [0, 0.1) is 11.3 Å². The Balaban J connectivity index is 2.03. The van der Waals surface area contributed by atoms with Crippen molar-refractivity contribution in [3.8, 4) is 0 Å². The van der Waals surface area contributed by atoms with Crippen LogP contribution in [0.15, 0.2) is 0 Å². The Morgan fingerprint density at radius 1 is 1.36 bits per heavy atom. The maximum Gasteiger partial charge on any atom is 0.0683 e. The summed E-state index contributed by atoms with van der Waals surface area (Å²) in [6.07, 6.45) is 4.62. The number of hydrogen-bond acceptors (Lipinski definition) is 2. The third kappa shape index (κ3) is 1.24. The van der Waals surface area contributed by atoms with Crippen molar-refractivity contribution >= 4 is 0 Å². The number of nitrogens with one attached hydrogen (secondary N) is 1. The van der Waals surface area contributed by atoms with Crippen LogP contribution < -0.4 is 5.32 Å². The van der Waals surface area contributed by atoms with Crippen molar-refractivity contribution in [3.63, 3.8) is 0 Å². The van der Waals surface area contributed by atoms with Gasteiger partial charge in [0.25, 0.3) is 0 Å². The minimum Gasteiger partial charge on any atom is -0.380 e. The average Bonchev–Trinajstić information content (AvgIpc) is 2.05. The van der Waals surface area contributed by atoms with E-state index in [1.165, 1.54) is 19.3 Å². The molecule has 0 heterocycles. The molecule has 1 N–H and O–H groups in total. The minimum absolute atomic E-state index is 0.498. The monoisotopic (exact) mass is 197 g/mol. The first-order valence-corrected chi connectivity index (χ1v) is 5.90. The Morgan fingerprint density at radius 3 is 2.36 bits per heavy atom. The van der Waals surface area contributed by atoms with E-state index in [4.69, 9.17) is 4.74 Å². The molecule has 0 bridgehead atoms. The van der Waals surface area contributed by atoms with Crippen LogP contribution in [-0.4, -0.2) is 25.3 Å². The van der Waals surface area contributed by atoms with Crippen molar-refractivity contribution in [1.82, 2.24) is 5.32 Å². The molecule has 3 atom stereocenters. The van der Waals surface area contributed by atoms with Crippen LogP contribution in [0.25, 0.3) is 0 Å². The van der Waals surface area contributed by atoms with E-state index in [9.17, 15) is 0 Å². The molecule has 0 amide bonds. The van der Waals surface area contributed by atoms with Gasteiger partial charge in [0.05, 0.1) is 6.10 Å². The molecular formula is C12H23NO. The van der Waals surface area contributed by atoms with Crippen molar-refractivity contribution < 1.29 is 4.74 Å². The van der Waals surface area contributed by atoms with Crippen molar-refractivity contribution in [2.75, 3.05) is 7.11 Å². The largest absolute Gasteiger partial charge is 0.380 e. The highest BCUT2D eigenvalue weighted by Gasteiger charge is 2.62. The molecule has 82 valence electrons. The first-order valence-electron chi connectivity index (χ1n) is 5.90. The predicted octanol–water partition coefficient (Wildman–Crippen LogP) is 2.19. The van der Waals surface area contributed by atoms with Gasteiger partial charge in [-0.1, -0.05) is 27.2 Å². The first kappa shape index (κ1) is 10.4. The van der Waals surface area contributed by atoms with E-state index < -0.39 is 0 Å². The lowest BCUT2D eigenvalue weighted by molar-refractivity contribution is -0.202. The van der Waals surface area contributed by atoms with Gasteiger partial charge < -0.3 is 10.1 Å². The molecule has 2 rings (SSSR count). The summed E-state index contributed by atoms with van der Waals surface area (Å²) in [6.45, 7) is 6.79. The second-order valence-corrected chi connectivity index (χ2v) is 5.40. The normalized spacial score (nSPS) is 39.6. The van der Waals surface area contributed by atoms with Gasteiger partial charge in [0.2, 0.25) is 0 Å². The maximum absolute atomic E-state index is 5.63. The fourth-order valence-electron chi connectivity index (χ4n) is 3.59. The van der Waals surface area contributed by atoms with E-state index in [1.807, 2.05) is 7.11 Å². The molecule has 2 saturated carbocycles. The summed E-state index contributed by atoms with van der Waals surface area (Å²) < 4.78 is 5.63. The maximum atomic E-state index is 5.63. The molecule has 0 radical (unpaired) electrons. The molecule has 2 heteroatoms. The van der Waals surface area contributed by atoms with Crippen molar-refractivity contribution in [2.45, 2.75) is 58.2 Å². The van der Waals surface area contributed by atoms with Crippen molar-refractivity contribution in [3.05, 3.63) is 0 Å². The van der Waals surface area contributed by atoms with Crippen LogP contribution in [0.5, 0.6) is 0 Å². The highest BCUT2D eigenvalue weighted by atomic mass is 16.5. The average molecular weight is 197 g/mol. The second kappa shape index (κ2) is 3.49. The van der Waals surface area contributed by atoms with Gasteiger partial charge in [-0.05, 0) is 18.8 Å². The lowest BCUT2D eigenvalue weighted by Gasteiger charge is -2.65. The van der Waals surface area contributed by atoms with Gasteiger partial charge in [0.15, 0.2) is 0 Å². The lowest BCUT2D eigenvalue weighted by Crippen LogP contribution is -2.72. The summed E-state index contributed by atoms with van der Waals surface area (Å²) in [7, 11) is 1.87. The third-order valence-electron chi connectivity index (χ3n) is 4.24. The van der Waals surface area contributed by atoms with Gasteiger partial charge in [0, 0.05) is 24.6 Å². The molecule has 0 aromatic rings. The quantitative estimate of drug-likeness (QED) is 0.749. The van der Waals surface area contributed by atoms with Gasteiger partial charge in [-0.2, -0.15) is 0 Å². The summed E-state index contributed by atoms with van der Waals surface area (Å²) in [5, 5.41) is 3.71. The van der Waals surface area contributed by atoms with E-state index in [0.29, 0.717) is 29.5 Å². The van der Waals surface area contributed by atoms with Crippen LogP contribution in [0.3, 0.4) is 0 Å². The van der Waals surface area contributed by atoms with E-state index in [1.54, 1.807) is 0 Å². The second-order valence-electron chi connectivity index (χ2n) is 5.40. The Morgan fingerprint density at radius 2 is 2.00 bits per heavy atom. The number of hydrogen-bond donors (Lipinski definition) is 1. The Labute approximate surface area is 87.4 Å². The summed E-state index contributed by atoms with van der Waals surface area (Å²) in [5.41, 5.74) is 0.498. The molecule has 0 saturated heterocycles. The molecule has 2 nitrogen and oxygen atoms in total.